The first kappa shape index (κ1) is 17.9. The van der Waals surface area contributed by atoms with Gasteiger partial charge in [0.15, 0.2) is 0 Å². The lowest BCUT2D eigenvalue weighted by Crippen LogP contribution is -2.26. The zero-order chi connectivity index (χ0) is 18.6. The summed E-state index contributed by atoms with van der Waals surface area (Å²) in [5.41, 5.74) is 4.55. The molecule has 0 saturated heterocycles. The van der Waals surface area contributed by atoms with Crippen LogP contribution in [-0.2, 0) is 6.54 Å². The average molecular weight is 346 g/mol. The summed E-state index contributed by atoms with van der Waals surface area (Å²) in [5, 5.41) is 13.0. The quantitative estimate of drug-likeness (QED) is 0.600. The molecule has 3 aromatic carbocycles. The number of rotatable bonds is 5. The Morgan fingerprint density at radius 2 is 1.35 bits per heavy atom. The van der Waals surface area contributed by atoms with Crippen LogP contribution in [0.25, 0.3) is 0 Å². The highest BCUT2D eigenvalue weighted by atomic mass is 16.3. The van der Waals surface area contributed by atoms with Gasteiger partial charge in [0.2, 0.25) is 0 Å². The molecule has 0 atom stereocenters. The summed E-state index contributed by atoms with van der Waals surface area (Å²) in [6, 6.07) is 26.3. The number of hydrogen-bond acceptors (Lipinski definition) is 3. The van der Waals surface area contributed by atoms with Crippen molar-refractivity contribution in [2.45, 2.75) is 32.9 Å². The lowest BCUT2D eigenvalue weighted by molar-refractivity contribution is 0.475. The van der Waals surface area contributed by atoms with Gasteiger partial charge in [-0.15, -0.1) is 0 Å². The highest BCUT2D eigenvalue weighted by molar-refractivity contribution is 5.65. The molecule has 2 N–H and O–H groups in total. The molecule has 134 valence electrons. The van der Waals surface area contributed by atoms with E-state index in [4.69, 9.17) is 0 Å². The molecule has 0 amide bonds. The molecule has 26 heavy (non-hydrogen) atoms. The van der Waals surface area contributed by atoms with Gasteiger partial charge in [0.05, 0.1) is 0 Å². The van der Waals surface area contributed by atoms with E-state index in [1.54, 1.807) is 12.1 Å². The second-order valence-electron chi connectivity index (χ2n) is 7.51. The molecule has 3 heteroatoms. The standard InChI is InChI=1S/C23H26N2O/c1-23(2,3)24-19-11-13-21(14-12-19)25(20-7-5-4-6-8-20)17-18-9-15-22(26)16-10-18/h4-16,24,26H,17H2,1-3H3. The van der Waals surface area contributed by atoms with Crippen molar-refractivity contribution in [2.75, 3.05) is 10.2 Å². The van der Waals surface area contributed by atoms with E-state index < -0.39 is 0 Å². The van der Waals surface area contributed by atoms with Gasteiger partial charge >= 0.3 is 0 Å². The molecule has 0 aromatic heterocycles. The normalized spacial score (nSPS) is 11.2. The maximum absolute atomic E-state index is 9.53. The average Bonchev–Trinajstić information content (AvgIpc) is 2.61. The highest BCUT2D eigenvalue weighted by Crippen LogP contribution is 2.29. The van der Waals surface area contributed by atoms with Gasteiger partial charge in [0.25, 0.3) is 0 Å². The van der Waals surface area contributed by atoms with Crippen molar-refractivity contribution in [2.24, 2.45) is 0 Å². The molecule has 0 unspecified atom stereocenters. The van der Waals surface area contributed by atoms with Crippen molar-refractivity contribution in [3.05, 3.63) is 84.4 Å². The van der Waals surface area contributed by atoms with Crippen LogP contribution in [0.5, 0.6) is 5.75 Å². The number of nitrogens with zero attached hydrogens (tertiary/aromatic N) is 1. The molecule has 0 heterocycles. The van der Waals surface area contributed by atoms with Gasteiger partial charge in [-0.1, -0.05) is 30.3 Å². The summed E-state index contributed by atoms with van der Waals surface area (Å²) in [5.74, 6) is 0.289. The van der Waals surface area contributed by atoms with E-state index in [-0.39, 0.29) is 11.3 Å². The predicted octanol–water partition coefficient (Wildman–Crippen LogP) is 5.94. The second kappa shape index (κ2) is 7.52. The Morgan fingerprint density at radius 1 is 0.769 bits per heavy atom. The molecule has 0 aliphatic heterocycles. The Hall–Kier alpha value is -2.94. The van der Waals surface area contributed by atoms with Gasteiger partial charge in [-0.05, 0) is 74.9 Å². The fraction of sp³-hybridized carbons (Fsp3) is 0.217. The first-order valence-corrected chi connectivity index (χ1v) is 8.89. The third kappa shape index (κ3) is 4.79. The van der Waals surface area contributed by atoms with Gasteiger partial charge in [0.1, 0.15) is 5.75 Å². The third-order valence-corrected chi connectivity index (χ3v) is 4.04. The van der Waals surface area contributed by atoms with E-state index in [1.807, 2.05) is 18.2 Å². The number of nitrogens with one attached hydrogen (secondary N) is 1. The fourth-order valence-electron chi connectivity index (χ4n) is 2.88. The van der Waals surface area contributed by atoms with Crippen molar-refractivity contribution in [3.63, 3.8) is 0 Å². The van der Waals surface area contributed by atoms with Crippen LogP contribution in [-0.4, -0.2) is 10.6 Å². The lowest BCUT2D eigenvalue weighted by Gasteiger charge is -2.27. The number of hydrogen-bond donors (Lipinski definition) is 2. The minimum Gasteiger partial charge on any atom is -0.508 e. The van der Waals surface area contributed by atoms with Crippen LogP contribution in [0, 0.1) is 0 Å². The summed E-state index contributed by atoms with van der Waals surface area (Å²) >= 11 is 0. The highest BCUT2D eigenvalue weighted by Gasteiger charge is 2.12. The molecule has 0 spiro atoms. The van der Waals surface area contributed by atoms with Crippen LogP contribution in [0.4, 0.5) is 17.1 Å². The first-order valence-electron chi connectivity index (χ1n) is 8.89. The molecule has 3 nitrogen and oxygen atoms in total. The summed E-state index contributed by atoms with van der Waals surface area (Å²) in [4.78, 5) is 2.27. The topological polar surface area (TPSA) is 35.5 Å². The molecule has 0 bridgehead atoms. The van der Waals surface area contributed by atoms with E-state index in [0.717, 1.165) is 29.2 Å². The molecular weight excluding hydrogens is 320 g/mol. The Bertz CT molecular complexity index is 819. The second-order valence-corrected chi connectivity index (χ2v) is 7.51. The number of aromatic hydroxyl groups is 1. The Morgan fingerprint density at radius 3 is 1.92 bits per heavy atom. The molecule has 0 aliphatic carbocycles. The zero-order valence-electron chi connectivity index (χ0n) is 15.6. The number of phenolic OH excluding ortho intramolecular Hbond substituents is 1. The summed E-state index contributed by atoms with van der Waals surface area (Å²) < 4.78 is 0. The monoisotopic (exact) mass is 346 g/mol. The summed E-state index contributed by atoms with van der Waals surface area (Å²) in [7, 11) is 0. The van der Waals surface area contributed by atoms with Crippen molar-refractivity contribution < 1.29 is 5.11 Å². The molecule has 0 aliphatic rings. The summed E-state index contributed by atoms with van der Waals surface area (Å²) in [6.07, 6.45) is 0. The number of benzene rings is 3. The van der Waals surface area contributed by atoms with E-state index in [2.05, 4.69) is 79.5 Å². The Balaban J connectivity index is 1.89. The largest absolute Gasteiger partial charge is 0.508 e. The van der Waals surface area contributed by atoms with Crippen molar-refractivity contribution in [1.29, 1.82) is 0 Å². The minimum absolute atomic E-state index is 0.0344. The van der Waals surface area contributed by atoms with E-state index in [0.29, 0.717) is 0 Å². The molecule has 0 saturated carbocycles. The van der Waals surface area contributed by atoms with Crippen LogP contribution in [0.15, 0.2) is 78.9 Å². The summed E-state index contributed by atoms with van der Waals surface area (Å²) in [6.45, 7) is 7.20. The Kier molecular flexibility index (Phi) is 5.17. The molecular formula is C23H26N2O. The van der Waals surface area contributed by atoms with Crippen LogP contribution >= 0.6 is 0 Å². The van der Waals surface area contributed by atoms with Gasteiger partial charge in [-0.3, -0.25) is 0 Å². The number of phenols is 1. The smallest absolute Gasteiger partial charge is 0.115 e. The predicted molar refractivity (Wildman–Crippen MR) is 110 cm³/mol. The van der Waals surface area contributed by atoms with E-state index in [1.165, 1.54) is 0 Å². The number of para-hydroxylation sites is 1. The van der Waals surface area contributed by atoms with Crippen LogP contribution in [0.2, 0.25) is 0 Å². The van der Waals surface area contributed by atoms with Crippen LogP contribution in [0.1, 0.15) is 26.3 Å². The number of anilines is 3. The van der Waals surface area contributed by atoms with Gasteiger partial charge < -0.3 is 15.3 Å². The van der Waals surface area contributed by atoms with Gasteiger partial charge in [-0.25, -0.2) is 0 Å². The van der Waals surface area contributed by atoms with E-state index in [9.17, 15) is 5.11 Å². The van der Waals surface area contributed by atoms with E-state index >= 15 is 0 Å². The Labute approximate surface area is 155 Å². The zero-order valence-corrected chi connectivity index (χ0v) is 15.6. The molecule has 3 rings (SSSR count). The maximum atomic E-state index is 9.53. The van der Waals surface area contributed by atoms with Crippen molar-refractivity contribution >= 4 is 17.1 Å². The maximum Gasteiger partial charge on any atom is 0.115 e. The van der Waals surface area contributed by atoms with Gasteiger partial charge in [-0.2, -0.15) is 0 Å². The fourth-order valence-corrected chi connectivity index (χ4v) is 2.88. The minimum atomic E-state index is 0.0344. The SMILES string of the molecule is CC(C)(C)Nc1ccc(N(Cc2ccc(O)cc2)c2ccccc2)cc1. The van der Waals surface area contributed by atoms with Crippen LogP contribution in [0.3, 0.4) is 0 Å². The third-order valence-electron chi connectivity index (χ3n) is 4.04. The van der Waals surface area contributed by atoms with Gasteiger partial charge in [0, 0.05) is 29.1 Å². The molecule has 0 radical (unpaired) electrons. The first-order chi connectivity index (χ1) is 12.4. The molecule has 3 aromatic rings. The van der Waals surface area contributed by atoms with Crippen LogP contribution < -0.4 is 10.2 Å². The van der Waals surface area contributed by atoms with Crippen molar-refractivity contribution in [1.82, 2.24) is 0 Å². The van der Waals surface area contributed by atoms with Crippen molar-refractivity contribution in [3.8, 4) is 5.75 Å². The lowest BCUT2D eigenvalue weighted by atomic mass is 10.1. The molecule has 0 fully saturated rings.